The number of aryl methyl sites for hydroxylation is 1. The molecule has 6 rings (SSSR count). The van der Waals surface area contributed by atoms with Crippen LogP contribution in [-0.2, 0) is 16.6 Å². The van der Waals surface area contributed by atoms with Gasteiger partial charge in [-0.3, -0.25) is 34.3 Å². The summed E-state index contributed by atoms with van der Waals surface area (Å²) in [6.07, 6.45) is 5.76. The molecule has 4 fully saturated rings. The van der Waals surface area contributed by atoms with Crippen molar-refractivity contribution in [1.82, 2.24) is 34.7 Å². The molecule has 0 bridgehead atoms. The summed E-state index contributed by atoms with van der Waals surface area (Å²) in [5, 5.41) is 10.2. The van der Waals surface area contributed by atoms with Crippen molar-refractivity contribution in [2.24, 2.45) is 13.0 Å². The normalized spacial score (nSPS) is 25.8. The maximum atomic E-state index is 13.4. The second-order valence-electron chi connectivity index (χ2n) is 13.5. The van der Waals surface area contributed by atoms with Crippen LogP contribution < -0.4 is 16.2 Å². The van der Waals surface area contributed by atoms with Gasteiger partial charge in [0.15, 0.2) is 0 Å². The predicted molar refractivity (Wildman–Crippen MR) is 179 cm³/mol. The van der Waals surface area contributed by atoms with Gasteiger partial charge in [0, 0.05) is 70.9 Å². The van der Waals surface area contributed by atoms with Gasteiger partial charge < -0.3 is 15.1 Å². The van der Waals surface area contributed by atoms with Crippen LogP contribution in [0.2, 0.25) is 0 Å². The first-order chi connectivity index (χ1) is 22.1. The van der Waals surface area contributed by atoms with Gasteiger partial charge in [-0.05, 0) is 91.3 Å². The number of carbonyl (C=O) groups is 3. The fourth-order valence-electron chi connectivity index (χ4n) is 7.55. The SMILES string of the molecule is CN1CC(Nc2cnn(C)c(=O)c2Br)CC(c2ccc(C(=O)N3CCN(CC4CCN(C5CCC(=O)NC5=O)CC4)CC3)cc2)C1. The Morgan fingerprint density at radius 1 is 0.978 bits per heavy atom. The highest BCUT2D eigenvalue weighted by Gasteiger charge is 2.34. The molecule has 2 aromatic rings. The number of likely N-dealkylation sites (N-methyl/N-ethyl adjacent to an activating group) is 1. The van der Waals surface area contributed by atoms with Crippen LogP contribution in [0.15, 0.2) is 39.7 Å². The van der Waals surface area contributed by atoms with Crippen LogP contribution in [0.5, 0.6) is 0 Å². The maximum Gasteiger partial charge on any atom is 0.282 e. The van der Waals surface area contributed by atoms with Crippen LogP contribution >= 0.6 is 15.9 Å². The molecule has 0 radical (unpaired) electrons. The molecule has 4 saturated heterocycles. The number of carbonyl (C=O) groups excluding carboxylic acids is 3. The fraction of sp³-hybridized carbons (Fsp3) is 0.606. The molecule has 4 aliphatic heterocycles. The minimum absolute atomic E-state index is 0.0899. The van der Waals surface area contributed by atoms with Gasteiger partial charge in [0.1, 0.15) is 4.47 Å². The number of likely N-dealkylation sites (tertiary alicyclic amines) is 2. The van der Waals surface area contributed by atoms with E-state index in [0.717, 1.165) is 83.7 Å². The standard InChI is InChI=1S/C33H45BrN8O4/c1-38-20-25(17-26(21-38)36-27-18-35-39(2)33(46)30(27)34)23-3-5-24(6-4-23)32(45)42-15-13-40(14-16-42)19-22-9-11-41(12-10-22)28-7-8-29(43)37-31(28)44/h3-6,18,22,25-26,28,36H,7-17,19-21H2,1-2H3,(H,37,43,44). The molecule has 3 unspecified atom stereocenters. The van der Waals surface area contributed by atoms with Crippen LogP contribution in [0.4, 0.5) is 5.69 Å². The molecular formula is C33H45BrN8O4. The largest absolute Gasteiger partial charge is 0.379 e. The lowest BCUT2D eigenvalue weighted by Crippen LogP contribution is -2.55. The summed E-state index contributed by atoms with van der Waals surface area (Å²) >= 11 is 3.42. The molecule has 1 aromatic carbocycles. The summed E-state index contributed by atoms with van der Waals surface area (Å²) in [5.74, 6) is 0.682. The highest BCUT2D eigenvalue weighted by molar-refractivity contribution is 9.10. The minimum Gasteiger partial charge on any atom is -0.379 e. The molecule has 46 heavy (non-hydrogen) atoms. The molecule has 5 heterocycles. The first-order valence-electron chi connectivity index (χ1n) is 16.5. The fourth-order valence-corrected chi connectivity index (χ4v) is 8.03. The van der Waals surface area contributed by atoms with Crippen molar-refractivity contribution >= 4 is 39.3 Å². The number of hydrogen-bond donors (Lipinski definition) is 2. The van der Waals surface area contributed by atoms with Gasteiger partial charge in [-0.25, -0.2) is 4.68 Å². The average Bonchev–Trinajstić information content (AvgIpc) is 3.05. The van der Waals surface area contributed by atoms with Crippen LogP contribution in [-0.4, -0.2) is 125 Å². The summed E-state index contributed by atoms with van der Waals surface area (Å²) < 4.78 is 1.80. The first-order valence-corrected chi connectivity index (χ1v) is 17.3. The van der Waals surface area contributed by atoms with E-state index in [0.29, 0.717) is 34.8 Å². The maximum absolute atomic E-state index is 13.4. The van der Waals surface area contributed by atoms with Crippen LogP contribution in [0, 0.1) is 5.92 Å². The third kappa shape index (κ3) is 7.53. The number of hydrogen-bond acceptors (Lipinski definition) is 9. The second-order valence-corrected chi connectivity index (χ2v) is 14.3. The van der Waals surface area contributed by atoms with E-state index in [1.165, 1.54) is 10.2 Å². The van der Waals surface area contributed by atoms with Crippen LogP contribution in [0.3, 0.4) is 0 Å². The minimum atomic E-state index is -0.170. The molecule has 0 aliphatic carbocycles. The monoisotopic (exact) mass is 696 g/mol. The van der Waals surface area contributed by atoms with Crippen molar-refractivity contribution in [2.75, 3.05) is 71.3 Å². The molecular weight excluding hydrogens is 652 g/mol. The number of piperazine rings is 1. The lowest BCUT2D eigenvalue weighted by Gasteiger charge is -2.41. The van der Waals surface area contributed by atoms with E-state index >= 15 is 0 Å². The zero-order valence-corrected chi connectivity index (χ0v) is 28.4. The number of nitrogens with zero attached hydrogens (tertiary/aromatic N) is 6. The van der Waals surface area contributed by atoms with E-state index in [1.54, 1.807) is 13.2 Å². The zero-order chi connectivity index (χ0) is 32.4. The zero-order valence-electron chi connectivity index (χ0n) is 26.8. The van der Waals surface area contributed by atoms with Gasteiger partial charge in [0.05, 0.1) is 17.9 Å². The molecule has 3 amide bonds. The Kier molecular flexibility index (Phi) is 10.2. The van der Waals surface area contributed by atoms with E-state index < -0.39 is 0 Å². The summed E-state index contributed by atoms with van der Waals surface area (Å²) in [6.45, 7) is 7.80. The number of halogens is 1. The Bertz CT molecular complexity index is 1480. The average molecular weight is 698 g/mol. The summed E-state index contributed by atoms with van der Waals surface area (Å²) in [6, 6.07) is 8.13. The highest BCUT2D eigenvalue weighted by atomic mass is 79.9. The summed E-state index contributed by atoms with van der Waals surface area (Å²) in [7, 11) is 3.75. The van der Waals surface area contributed by atoms with Crippen molar-refractivity contribution in [3.63, 3.8) is 0 Å². The van der Waals surface area contributed by atoms with Crippen molar-refractivity contribution in [1.29, 1.82) is 0 Å². The van der Waals surface area contributed by atoms with Gasteiger partial charge >= 0.3 is 0 Å². The number of amides is 3. The Hall–Kier alpha value is -3.13. The molecule has 1 aromatic heterocycles. The number of imide groups is 1. The third-order valence-corrected chi connectivity index (χ3v) is 10.9. The van der Waals surface area contributed by atoms with E-state index in [2.05, 4.69) is 65.5 Å². The van der Waals surface area contributed by atoms with Gasteiger partial charge in [0.25, 0.3) is 11.5 Å². The van der Waals surface area contributed by atoms with Gasteiger partial charge in [-0.2, -0.15) is 5.10 Å². The topological polar surface area (TPSA) is 123 Å². The van der Waals surface area contributed by atoms with Crippen molar-refractivity contribution in [3.8, 4) is 0 Å². The number of nitrogens with one attached hydrogen (secondary N) is 2. The molecule has 0 saturated carbocycles. The van der Waals surface area contributed by atoms with E-state index in [-0.39, 0.29) is 35.4 Å². The Labute approximate surface area is 278 Å². The van der Waals surface area contributed by atoms with E-state index in [4.69, 9.17) is 0 Å². The Morgan fingerprint density at radius 3 is 2.39 bits per heavy atom. The van der Waals surface area contributed by atoms with Gasteiger partial charge in [0.2, 0.25) is 11.8 Å². The molecule has 248 valence electrons. The number of rotatable bonds is 7. The van der Waals surface area contributed by atoms with Gasteiger partial charge in [-0.1, -0.05) is 12.1 Å². The van der Waals surface area contributed by atoms with Crippen molar-refractivity contribution in [3.05, 3.63) is 56.4 Å². The van der Waals surface area contributed by atoms with Gasteiger partial charge in [-0.15, -0.1) is 0 Å². The highest BCUT2D eigenvalue weighted by Crippen LogP contribution is 2.30. The molecule has 13 heteroatoms. The lowest BCUT2D eigenvalue weighted by molar-refractivity contribution is -0.138. The Balaban J connectivity index is 0.962. The molecule has 2 N–H and O–H groups in total. The van der Waals surface area contributed by atoms with Crippen molar-refractivity contribution < 1.29 is 14.4 Å². The first kappa shape index (κ1) is 32.8. The number of anilines is 1. The Morgan fingerprint density at radius 2 is 1.70 bits per heavy atom. The molecule has 12 nitrogen and oxygen atoms in total. The predicted octanol–water partition coefficient (Wildman–Crippen LogP) is 1.72. The van der Waals surface area contributed by atoms with Crippen molar-refractivity contribution in [2.45, 2.75) is 50.1 Å². The van der Waals surface area contributed by atoms with Crippen LogP contribution in [0.25, 0.3) is 0 Å². The quantitative estimate of drug-likeness (QED) is 0.417. The number of benzene rings is 1. The third-order valence-electron chi connectivity index (χ3n) is 10.2. The smallest absolute Gasteiger partial charge is 0.282 e. The van der Waals surface area contributed by atoms with E-state index in [9.17, 15) is 19.2 Å². The number of piperidine rings is 3. The van der Waals surface area contributed by atoms with E-state index in [1.807, 2.05) is 17.0 Å². The number of aromatic nitrogens is 2. The molecule has 4 aliphatic rings. The summed E-state index contributed by atoms with van der Waals surface area (Å²) in [4.78, 5) is 58.4. The summed E-state index contributed by atoms with van der Waals surface area (Å²) in [5.41, 5.74) is 2.48. The molecule has 0 spiro atoms. The van der Waals surface area contributed by atoms with Crippen LogP contribution in [0.1, 0.15) is 53.9 Å². The lowest BCUT2D eigenvalue weighted by atomic mass is 9.87. The second kappa shape index (κ2) is 14.3. The molecule has 3 atom stereocenters.